The predicted molar refractivity (Wildman–Crippen MR) is 106 cm³/mol. The van der Waals surface area contributed by atoms with Gasteiger partial charge in [0.15, 0.2) is 0 Å². The highest BCUT2D eigenvalue weighted by Crippen LogP contribution is 2.10. The summed E-state index contributed by atoms with van der Waals surface area (Å²) in [6.45, 7) is 0.468. The Morgan fingerprint density at radius 2 is 0.964 bits per heavy atom. The van der Waals surface area contributed by atoms with Gasteiger partial charge in [-0.1, -0.05) is 24.3 Å². The van der Waals surface area contributed by atoms with Crippen molar-refractivity contribution >= 4 is 0 Å². The molecule has 0 aliphatic heterocycles. The summed E-state index contributed by atoms with van der Waals surface area (Å²) in [7, 11) is 0. The Labute approximate surface area is 163 Å². The molecule has 0 saturated heterocycles. The van der Waals surface area contributed by atoms with Crippen LogP contribution in [-0.4, -0.2) is 13.1 Å². The molecule has 0 spiro atoms. The second-order valence-corrected chi connectivity index (χ2v) is 6.20. The van der Waals surface area contributed by atoms with Crippen LogP contribution in [0.15, 0.2) is 72.3 Å². The van der Waals surface area contributed by atoms with E-state index in [4.69, 9.17) is 11.5 Å². The summed E-state index contributed by atoms with van der Waals surface area (Å²) in [6.07, 6.45) is 3.63. The maximum atomic E-state index is 12.5. The van der Waals surface area contributed by atoms with Crippen LogP contribution in [0.3, 0.4) is 0 Å². The number of rotatable bonds is 8. The zero-order valence-electron chi connectivity index (χ0n) is 15.7. The summed E-state index contributed by atoms with van der Waals surface area (Å²) in [5, 5.41) is 0. The van der Waals surface area contributed by atoms with Gasteiger partial charge in [-0.25, -0.2) is 17.6 Å². The molecule has 0 amide bonds. The smallest absolute Gasteiger partial charge is 0.123 e. The van der Waals surface area contributed by atoms with Crippen molar-refractivity contribution in [3.8, 4) is 0 Å². The average Bonchev–Trinajstić information content (AvgIpc) is 2.72. The van der Waals surface area contributed by atoms with Crippen molar-refractivity contribution in [2.75, 3.05) is 13.1 Å². The van der Waals surface area contributed by atoms with Gasteiger partial charge in [-0.15, -0.1) is 0 Å². The van der Waals surface area contributed by atoms with Gasteiger partial charge in [0.25, 0.3) is 0 Å². The van der Waals surface area contributed by atoms with Crippen LogP contribution in [0.1, 0.15) is 24.0 Å². The molecule has 6 heteroatoms. The van der Waals surface area contributed by atoms with E-state index in [9.17, 15) is 17.6 Å². The van der Waals surface area contributed by atoms with Gasteiger partial charge in [-0.05, 0) is 72.2 Å². The largest absolute Gasteiger partial charge is 0.327 e. The van der Waals surface area contributed by atoms with E-state index >= 15 is 0 Å². The van der Waals surface area contributed by atoms with Crippen LogP contribution in [0, 0.1) is 11.6 Å². The number of halogens is 4. The summed E-state index contributed by atoms with van der Waals surface area (Å²) >= 11 is 0. The van der Waals surface area contributed by atoms with Gasteiger partial charge in [-0.3, -0.25) is 0 Å². The average molecular weight is 394 g/mol. The molecule has 0 aliphatic carbocycles. The maximum absolute atomic E-state index is 12.5. The van der Waals surface area contributed by atoms with Crippen molar-refractivity contribution < 1.29 is 17.6 Å². The third-order valence-electron chi connectivity index (χ3n) is 4.13. The van der Waals surface area contributed by atoms with Crippen LogP contribution in [0.2, 0.25) is 0 Å². The first-order chi connectivity index (χ1) is 13.5. The van der Waals surface area contributed by atoms with Gasteiger partial charge in [-0.2, -0.15) is 0 Å². The molecule has 0 aromatic heterocycles. The van der Waals surface area contributed by atoms with E-state index in [0.29, 0.717) is 49.5 Å². The number of hydrogen-bond donors (Lipinski definition) is 2. The molecule has 2 nitrogen and oxygen atoms in total. The molecule has 2 aromatic carbocycles. The summed E-state index contributed by atoms with van der Waals surface area (Å²) in [5.41, 5.74) is 13.7. The van der Waals surface area contributed by atoms with E-state index in [0.717, 1.165) is 11.1 Å². The van der Waals surface area contributed by atoms with Gasteiger partial charge in [0.05, 0.1) is 12.7 Å². The normalized spacial score (nSPS) is 11.8. The van der Waals surface area contributed by atoms with Crippen LogP contribution < -0.4 is 11.5 Å². The molecular formula is C22H26F4N2. The van der Waals surface area contributed by atoms with Gasteiger partial charge < -0.3 is 11.5 Å². The molecule has 0 saturated carbocycles. The summed E-state index contributed by atoms with van der Waals surface area (Å²) < 4.78 is 49.3. The molecule has 4 N–H and O–H groups in total. The fourth-order valence-electron chi connectivity index (χ4n) is 2.31. The van der Waals surface area contributed by atoms with Crippen molar-refractivity contribution in [1.82, 2.24) is 0 Å². The fraction of sp³-hybridized carbons (Fsp3) is 0.273. The second-order valence-electron chi connectivity index (χ2n) is 6.20. The summed E-state index contributed by atoms with van der Waals surface area (Å²) in [4.78, 5) is 0. The summed E-state index contributed by atoms with van der Waals surface area (Å²) in [5.74, 6) is -0.511. The monoisotopic (exact) mass is 394 g/mol. The third kappa shape index (κ3) is 9.48. The van der Waals surface area contributed by atoms with Crippen molar-refractivity contribution in [3.63, 3.8) is 0 Å². The molecule has 0 unspecified atom stereocenters. The zero-order valence-corrected chi connectivity index (χ0v) is 15.7. The van der Waals surface area contributed by atoms with Crippen molar-refractivity contribution in [1.29, 1.82) is 0 Å². The first-order valence-electron chi connectivity index (χ1n) is 8.97. The SMILES string of the molecule is NC/C(=C/F)CCc1ccc(F)cc1.NC/C(=C/F)CCc1ccc(F)cc1. The van der Waals surface area contributed by atoms with E-state index < -0.39 is 0 Å². The van der Waals surface area contributed by atoms with Gasteiger partial charge >= 0.3 is 0 Å². The standard InChI is InChI=1S/2C11H13F2N/c2*12-7-10(8-14)2-1-9-3-5-11(13)6-4-9/h2*3-7H,1-2,8,14H2/b2*10-7+. The quantitative estimate of drug-likeness (QED) is 0.609. The highest BCUT2D eigenvalue weighted by Gasteiger charge is 1.99. The lowest BCUT2D eigenvalue weighted by Gasteiger charge is -2.02. The fourth-order valence-corrected chi connectivity index (χ4v) is 2.31. The lowest BCUT2D eigenvalue weighted by atomic mass is 10.1. The Morgan fingerprint density at radius 3 is 1.21 bits per heavy atom. The molecule has 0 radical (unpaired) electrons. The lowest BCUT2D eigenvalue weighted by molar-refractivity contribution is 0.626. The molecule has 28 heavy (non-hydrogen) atoms. The Bertz CT molecular complexity index is 673. The molecule has 152 valence electrons. The summed E-state index contributed by atoms with van der Waals surface area (Å²) in [6, 6.07) is 12.4. The highest BCUT2D eigenvalue weighted by atomic mass is 19.1. The minimum Gasteiger partial charge on any atom is -0.327 e. The van der Waals surface area contributed by atoms with Crippen molar-refractivity contribution in [2.45, 2.75) is 25.7 Å². The third-order valence-corrected chi connectivity index (χ3v) is 4.13. The first kappa shape index (κ1) is 23.6. The van der Waals surface area contributed by atoms with Crippen molar-refractivity contribution in [3.05, 3.63) is 95.1 Å². The topological polar surface area (TPSA) is 52.0 Å². The zero-order chi connectivity index (χ0) is 20.8. The predicted octanol–water partition coefficient (Wildman–Crippen LogP) is 5.14. The van der Waals surface area contributed by atoms with Crippen LogP contribution in [0.5, 0.6) is 0 Å². The molecule has 2 rings (SSSR count). The van der Waals surface area contributed by atoms with E-state index in [1.54, 1.807) is 24.3 Å². The number of benzene rings is 2. The van der Waals surface area contributed by atoms with E-state index in [1.807, 2.05) is 0 Å². The van der Waals surface area contributed by atoms with Crippen molar-refractivity contribution in [2.24, 2.45) is 11.5 Å². The van der Waals surface area contributed by atoms with Gasteiger partial charge in [0.1, 0.15) is 11.6 Å². The number of aryl methyl sites for hydroxylation is 2. The second kappa shape index (κ2) is 13.7. The Morgan fingerprint density at radius 1 is 0.643 bits per heavy atom. The van der Waals surface area contributed by atoms with Crippen LogP contribution in [0.25, 0.3) is 0 Å². The first-order valence-corrected chi connectivity index (χ1v) is 8.97. The molecular weight excluding hydrogens is 368 g/mol. The molecule has 0 atom stereocenters. The number of hydrogen-bond acceptors (Lipinski definition) is 2. The Hall–Kier alpha value is -2.44. The van der Waals surface area contributed by atoms with Gasteiger partial charge in [0, 0.05) is 13.1 Å². The molecule has 0 aliphatic rings. The van der Waals surface area contributed by atoms with E-state index in [-0.39, 0.29) is 24.7 Å². The molecule has 2 aromatic rings. The molecule has 0 bridgehead atoms. The Balaban J connectivity index is 0.000000280. The lowest BCUT2D eigenvalue weighted by Crippen LogP contribution is -2.03. The van der Waals surface area contributed by atoms with Gasteiger partial charge in [0.2, 0.25) is 0 Å². The Kier molecular flexibility index (Phi) is 11.5. The number of nitrogens with two attached hydrogens (primary N) is 2. The van der Waals surface area contributed by atoms with E-state index in [1.165, 1.54) is 24.3 Å². The molecule has 0 fully saturated rings. The minimum absolute atomic E-state index is 0.234. The maximum Gasteiger partial charge on any atom is 0.123 e. The highest BCUT2D eigenvalue weighted by molar-refractivity contribution is 5.18. The van der Waals surface area contributed by atoms with Crippen LogP contribution in [0.4, 0.5) is 17.6 Å². The van der Waals surface area contributed by atoms with E-state index in [2.05, 4.69) is 0 Å². The minimum atomic E-state index is -0.256. The van der Waals surface area contributed by atoms with Crippen LogP contribution in [-0.2, 0) is 12.8 Å². The molecule has 0 heterocycles. The van der Waals surface area contributed by atoms with Crippen LogP contribution >= 0.6 is 0 Å².